The number of methoxy groups -OCH3 is 1. The molecule has 2 heterocycles. The van der Waals surface area contributed by atoms with Crippen LogP contribution in [0.15, 0.2) is 42.6 Å². The maximum Gasteiger partial charge on any atom is 0.337 e. The number of anilines is 1. The zero-order valence-electron chi connectivity index (χ0n) is 13.8. The van der Waals surface area contributed by atoms with Gasteiger partial charge in [0.05, 0.1) is 17.7 Å². The van der Waals surface area contributed by atoms with E-state index < -0.39 is 5.97 Å². The van der Waals surface area contributed by atoms with Gasteiger partial charge < -0.3 is 14.5 Å². The molecule has 0 N–H and O–H groups in total. The summed E-state index contributed by atoms with van der Waals surface area (Å²) in [5.41, 5.74) is 0.860. The molecule has 1 aromatic carbocycles. The molecule has 1 fully saturated rings. The first kappa shape index (κ1) is 17.2. The van der Waals surface area contributed by atoms with E-state index in [2.05, 4.69) is 9.88 Å². The molecule has 130 valence electrons. The molecule has 1 aliphatic rings. The van der Waals surface area contributed by atoms with Gasteiger partial charge in [-0.25, -0.2) is 9.78 Å². The molecule has 0 saturated carbocycles. The van der Waals surface area contributed by atoms with E-state index in [-0.39, 0.29) is 5.91 Å². The maximum absolute atomic E-state index is 12.7. The van der Waals surface area contributed by atoms with Crippen LogP contribution in [0.1, 0.15) is 20.7 Å². The highest BCUT2D eigenvalue weighted by Gasteiger charge is 2.23. The maximum atomic E-state index is 12.7. The van der Waals surface area contributed by atoms with E-state index in [1.165, 1.54) is 7.11 Å². The lowest BCUT2D eigenvalue weighted by Crippen LogP contribution is -2.49. The van der Waals surface area contributed by atoms with E-state index in [1.54, 1.807) is 41.4 Å². The van der Waals surface area contributed by atoms with Crippen LogP contribution in [-0.2, 0) is 4.74 Å². The Labute approximate surface area is 151 Å². The summed E-state index contributed by atoms with van der Waals surface area (Å²) in [7, 11) is 1.32. The summed E-state index contributed by atoms with van der Waals surface area (Å²) in [5.74, 6) is 0.312. The number of amides is 1. The van der Waals surface area contributed by atoms with Crippen molar-refractivity contribution in [1.82, 2.24) is 9.88 Å². The molecule has 6 nitrogen and oxygen atoms in total. The molecule has 1 aliphatic heterocycles. The van der Waals surface area contributed by atoms with E-state index in [0.717, 1.165) is 5.82 Å². The van der Waals surface area contributed by atoms with Crippen molar-refractivity contribution in [1.29, 1.82) is 0 Å². The van der Waals surface area contributed by atoms with Crippen molar-refractivity contribution in [2.45, 2.75) is 0 Å². The summed E-state index contributed by atoms with van der Waals surface area (Å²) in [6.07, 6.45) is 1.62. The average Bonchev–Trinajstić information content (AvgIpc) is 2.67. The summed E-state index contributed by atoms with van der Waals surface area (Å²) < 4.78 is 4.70. The van der Waals surface area contributed by atoms with E-state index >= 15 is 0 Å². The summed E-state index contributed by atoms with van der Waals surface area (Å²) in [6, 6.07) is 10.3. The molecule has 1 amide bonds. The number of benzene rings is 1. The Hall–Kier alpha value is -2.60. The fourth-order valence-corrected chi connectivity index (χ4v) is 2.89. The van der Waals surface area contributed by atoms with Crippen LogP contribution < -0.4 is 4.90 Å². The molecular formula is C18H18ClN3O3. The number of ether oxygens (including phenoxy) is 1. The largest absolute Gasteiger partial charge is 0.465 e. The third kappa shape index (κ3) is 3.91. The second-order valence-corrected chi connectivity index (χ2v) is 6.12. The van der Waals surface area contributed by atoms with Gasteiger partial charge in [-0.2, -0.15) is 0 Å². The van der Waals surface area contributed by atoms with Gasteiger partial charge in [-0.3, -0.25) is 4.79 Å². The highest BCUT2D eigenvalue weighted by molar-refractivity contribution is 6.30. The van der Waals surface area contributed by atoms with Crippen LogP contribution in [0.4, 0.5) is 5.82 Å². The van der Waals surface area contributed by atoms with Crippen molar-refractivity contribution in [3.8, 4) is 0 Å². The summed E-state index contributed by atoms with van der Waals surface area (Å²) >= 11 is 5.86. The number of esters is 1. The molecule has 0 atom stereocenters. The molecular weight excluding hydrogens is 342 g/mol. The van der Waals surface area contributed by atoms with Crippen LogP contribution in [0.3, 0.4) is 0 Å². The Balaban J connectivity index is 1.65. The van der Waals surface area contributed by atoms with Crippen molar-refractivity contribution in [2.24, 2.45) is 0 Å². The van der Waals surface area contributed by atoms with Gasteiger partial charge in [0.15, 0.2) is 0 Å². The van der Waals surface area contributed by atoms with Crippen molar-refractivity contribution in [3.63, 3.8) is 0 Å². The Morgan fingerprint density at radius 1 is 1.08 bits per heavy atom. The van der Waals surface area contributed by atoms with E-state index in [0.29, 0.717) is 42.3 Å². The van der Waals surface area contributed by atoms with Gasteiger partial charge in [-0.1, -0.05) is 17.7 Å². The molecule has 0 bridgehead atoms. The minimum atomic E-state index is -0.451. The Morgan fingerprint density at radius 2 is 1.80 bits per heavy atom. The zero-order valence-corrected chi connectivity index (χ0v) is 14.6. The molecule has 7 heteroatoms. The van der Waals surface area contributed by atoms with Crippen LogP contribution in [0.25, 0.3) is 0 Å². The quantitative estimate of drug-likeness (QED) is 0.788. The summed E-state index contributed by atoms with van der Waals surface area (Å²) in [5, 5.41) is 0.600. The fraction of sp³-hybridized carbons (Fsp3) is 0.278. The Kier molecular flexibility index (Phi) is 5.19. The van der Waals surface area contributed by atoms with Gasteiger partial charge >= 0.3 is 5.97 Å². The number of pyridine rings is 1. The van der Waals surface area contributed by atoms with Crippen LogP contribution >= 0.6 is 11.6 Å². The first-order valence-corrected chi connectivity index (χ1v) is 8.30. The predicted octanol–water partition coefficient (Wildman–Crippen LogP) is 2.48. The second-order valence-electron chi connectivity index (χ2n) is 5.69. The molecule has 1 aromatic heterocycles. The predicted molar refractivity (Wildman–Crippen MR) is 95.1 cm³/mol. The van der Waals surface area contributed by atoms with Crippen molar-refractivity contribution < 1.29 is 14.3 Å². The number of carbonyl (C=O) groups excluding carboxylic acids is 2. The highest BCUT2D eigenvalue weighted by atomic mass is 35.5. The van der Waals surface area contributed by atoms with Crippen molar-refractivity contribution >= 4 is 29.3 Å². The van der Waals surface area contributed by atoms with E-state index in [4.69, 9.17) is 16.3 Å². The molecule has 2 aromatic rings. The molecule has 1 saturated heterocycles. The summed E-state index contributed by atoms with van der Waals surface area (Å²) in [6.45, 7) is 2.56. The highest BCUT2D eigenvalue weighted by Crippen LogP contribution is 2.17. The third-order valence-electron chi connectivity index (χ3n) is 4.13. The molecule has 0 spiro atoms. The number of piperazine rings is 1. The van der Waals surface area contributed by atoms with Gasteiger partial charge in [0.1, 0.15) is 5.82 Å². The third-order valence-corrected chi connectivity index (χ3v) is 4.36. The minimum Gasteiger partial charge on any atom is -0.465 e. The standard InChI is InChI=1S/C18H18ClN3O3/c1-25-18(24)14-4-2-3-13(11-14)17(23)22-9-7-21(8-10-22)16-6-5-15(19)12-20-16/h2-6,11-12H,7-10H2,1H3. The molecule has 0 aliphatic carbocycles. The van der Waals surface area contributed by atoms with Crippen LogP contribution in [0.5, 0.6) is 0 Å². The number of hydrogen-bond acceptors (Lipinski definition) is 5. The average molecular weight is 360 g/mol. The number of nitrogens with zero attached hydrogens (tertiary/aromatic N) is 3. The molecule has 3 rings (SSSR count). The lowest BCUT2D eigenvalue weighted by atomic mass is 10.1. The van der Waals surface area contributed by atoms with Gasteiger partial charge in [0.2, 0.25) is 0 Å². The lowest BCUT2D eigenvalue weighted by Gasteiger charge is -2.35. The Morgan fingerprint density at radius 3 is 2.44 bits per heavy atom. The van der Waals surface area contributed by atoms with Crippen LogP contribution in [0.2, 0.25) is 5.02 Å². The lowest BCUT2D eigenvalue weighted by molar-refractivity contribution is 0.0600. The minimum absolute atomic E-state index is 0.0885. The smallest absolute Gasteiger partial charge is 0.337 e. The molecule has 25 heavy (non-hydrogen) atoms. The van der Waals surface area contributed by atoms with E-state index in [9.17, 15) is 9.59 Å². The molecule has 0 unspecified atom stereocenters. The van der Waals surface area contributed by atoms with Crippen LogP contribution in [0, 0.1) is 0 Å². The SMILES string of the molecule is COC(=O)c1cccc(C(=O)N2CCN(c3ccc(Cl)cn3)CC2)c1. The van der Waals surface area contributed by atoms with Gasteiger partial charge in [0, 0.05) is 37.9 Å². The zero-order chi connectivity index (χ0) is 17.8. The Bertz CT molecular complexity index is 771. The number of halogens is 1. The second kappa shape index (κ2) is 7.53. The molecule has 0 radical (unpaired) electrons. The van der Waals surface area contributed by atoms with Crippen LogP contribution in [-0.4, -0.2) is 55.0 Å². The van der Waals surface area contributed by atoms with E-state index in [1.807, 2.05) is 6.07 Å². The number of hydrogen-bond donors (Lipinski definition) is 0. The monoisotopic (exact) mass is 359 g/mol. The van der Waals surface area contributed by atoms with Crippen molar-refractivity contribution in [2.75, 3.05) is 38.2 Å². The first-order chi connectivity index (χ1) is 12.1. The van der Waals surface area contributed by atoms with Gasteiger partial charge in [-0.05, 0) is 30.3 Å². The topological polar surface area (TPSA) is 62.7 Å². The number of rotatable bonds is 3. The number of aromatic nitrogens is 1. The van der Waals surface area contributed by atoms with Gasteiger partial charge in [0.25, 0.3) is 5.91 Å². The van der Waals surface area contributed by atoms with Gasteiger partial charge in [-0.15, -0.1) is 0 Å². The van der Waals surface area contributed by atoms with Crippen molar-refractivity contribution in [3.05, 3.63) is 58.7 Å². The fourth-order valence-electron chi connectivity index (χ4n) is 2.77. The normalized spacial score (nSPS) is 14.3. The summed E-state index contributed by atoms with van der Waals surface area (Å²) in [4.78, 5) is 32.5. The number of carbonyl (C=O) groups is 2. The first-order valence-electron chi connectivity index (χ1n) is 7.92.